The number of methoxy groups -OCH3 is 3. The van der Waals surface area contributed by atoms with Crippen LogP contribution >= 0.6 is 0 Å². The van der Waals surface area contributed by atoms with E-state index in [2.05, 4.69) is 17.4 Å². The largest absolute Gasteiger partial charge is 0.493 e. The SMILES string of the molecule is COc1cc(C2CC(=O)C3=C(C2)Nc2cc4c(cc2C3c2ccccc2)OCO4)cc(OC)c1OC. The van der Waals surface area contributed by atoms with Crippen LogP contribution in [0.2, 0.25) is 0 Å². The second-order valence-electron chi connectivity index (χ2n) is 9.14. The summed E-state index contributed by atoms with van der Waals surface area (Å²) in [5, 5.41) is 3.57. The number of fused-ring (bicyclic) bond motifs is 2. The third kappa shape index (κ3) is 3.54. The van der Waals surface area contributed by atoms with E-state index in [4.69, 9.17) is 23.7 Å². The molecule has 0 saturated heterocycles. The Kier molecular flexibility index (Phi) is 5.48. The number of carbonyl (C=O) groups excluding carboxylic acids is 1. The number of hydrogen-bond donors (Lipinski definition) is 1. The van der Waals surface area contributed by atoms with Gasteiger partial charge in [-0.2, -0.15) is 0 Å². The fourth-order valence-electron chi connectivity index (χ4n) is 5.57. The summed E-state index contributed by atoms with van der Waals surface area (Å²) < 4.78 is 27.9. The first-order valence-corrected chi connectivity index (χ1v) is 11.9. The molecule has 6 rings (SSSR count). The van der Waals surface area contributed by atoms with Crippen LogP contribution in [0.3, 0.4) is 0 Å². The maximum absolute atomic E-state index is 13.8. The Hall–Kier alpha value is -4.13. The fraction of sp³-hybridized carbons (Fsp3) is 0.276. The van der Waals surface area contributed by atoms with Gasteiger partial charge in [0.15, 0.2) is 28.8 Å². The van der Waals surface area contributed by atoms with E-state index in [0.29, 0.717) is 41.6 Å². The molecule has 36 heavy (non-hydrogen) atoms. The Morgan fingerprint density at radius 1 is 0.833 bits per heavy atom. The third-order valence-electron chi connectivity index (χ3n) is 7.23. The van der Waals surface area contributed by atoms with Gasteiger partial charge in [-0.3, -0.25) is 4.79 Å². The lowest BCUT2D eigenvalue weighted by Crippen LogP contribution is -2.29. The number of benzene rings is 3. The predicted molar refractivity (Wildman–Crippen MR) is 135 cm³/mol. The van der Waals surface area contributed by atoms with Crippen LogP contribution in [0.5, 0.6) is 28.7 Å². The topological polar surface area (TPSA) is 75.3 Å². The minimum absolute atomic E-state index is 0.0376. The highest BCUT2D eigenvalue weighted by Crippen LogP contribution is 2.52. The Bertz CT molecular complexity index is 1360. The highest BCUT2D eigenvalue weighted by Gasteiger charge is 2.39. The first-order chi connectivity index (χ1) is 17.6. The van der Waals surface area contributed by atoms with Crippen LogP contribution in [0.1, 0.15) is 41.4 Å². The van der Waals surface area contributed by atoms with Crippen LogP contribution in [0.15, 0.2) is 65.9 Å². The molecule has 3 aromatic rings. The maximum atomic E-state index is 13.8. The molecule has 1 N–H and O–H groups in total. The lowest BCUT2D eigenvalue weighted by atomic mass is 9.72. The van der Waals surface area contributed by atoms with Gasteiger partial charge in [0.05, 0.1) is 21.3 Å². The van der Waals surface area contributed by atoms with E-state index < -0.39 is 0 Å². The van der Waals surface area contributed by atoms with Crippen LogP contribution < -0.4 is 29.0 Å². The molecule has 3 aromatic carbocycles. The second-order valence-corrected chi connectivity index (χ2v) is 9.14. The van der Waals surface area contributed by atoms with Crippen molar-refractivity contribution in [2.45, 2.75) is 24.7 Å². The molecule has 0 amide bonds. The summed E-state index contributed by atoms with van der Waals surface area (Å²) in [5.74, 6) is 3.02. The minimum atomic E-state index is -0.180. The van der Waals surface area contributed by atoms with Crippen molar-refractivity contribution >= 4 is 11.5 Å². The number of ketones is 1. The molecule has 2 aliphatic heterocycles. The van der Waals surface area contributed by atoms with E-state index in [1.807, 2.05) is 42.5 Å². The third-order valence-corrected chi connectivity index (χ3v) is 7.23. The van der Waals surface area contributed by atoms with E-state index >= 15 is 0 Å². The zero-order valence-electron chi connectivity index (χ0n) is 20.4. The minimum Gasteiger partial charge on any atom is -0.493 e. The lowest BCUT2D eigenvalue weighted by Gasteiger charge is -2.37. The Balaban J connectivity index is 1.45. The maximum Gasteiger partial charge on any atom is 0.231 e. The molecule has 2 heterocycles. The van der Waals surface area contributed by atoms with Gasteiger partial charge in [0.25, 0.3) is 0 Å². The van der Waals surface area contributed by atoms with Gasteiger partial charge in [0.2, 0.25) is 12.5 Å². The number of carbonyl (C=O) groups is 1. The van der Waals surface area contributed by atoms with Gasteiger partial charge in [-0.15, -0.1) is 0 Å². The lowest BCUT2D eigenvalue weighted by molar-refractivity contribution is -0.116. The van der Waals surface area contributed by atoms with Crippen molar-refractivity contribution in [3.05, 3.63) is 82.6 Å². The number of allylic oxidation sites excluding steroid dienone is 2. The molecular formula is C29H27NO6. The predicted octanol–water partition coefficient (Wildman–Crippen LogP) is 5.40. The summed E-state index contributed by atoms with van der Waals surface area (Å²) in [6.07, 6.45) is 1.07. The monoisotopic (exact) mass is 485 g/mol. The molecule has 0 saturated carbocycles. The molecule has 7 heteroatoms. The van der Waals surface area contributed by atoms with Gasteiger partial charge in [0, 0.05) is 35.4 Å². The standard InChI is InChI=1S/C29H27NO6/c1-32-25-11-18(12-26(33-2)29(25)34-3)17-9-21-28(22(31)10-17)27(16-7-5-4-6-8-16)19-13-23-24(36-15-35-23)14-20(19)30-21/h4-8,11-14,17,27,30H,9-10,15H2,1-3H3. The number of anilines is 1. The zero-order valence-corrected chi connectivity index (χ0v) is 20.4. The van der Waals surface area contributed by atoms with Gasteiger partial charge in [0.1, 0.15) is 0 Å². The van der Waals surface area contributed by atoms with Gasteiger partial charge in [-0.25, -0.2) is 0 Å². The smallest absolute Gasteiger partial charge is 0.231 e. The summed E-state index contributed by atoms with van der Waals surface area (Å²) >= 11 is 0. The molecule has 0 spiro atoms. The van der Waals surface area contributed by atoms with Crippen molar-refractivity contribution in [3.63, 3.8) is 0 Å². The summed E-state index contributed by atoms with van der Waals surface area (Å²) in [4.78, 5) is 13.8. The zero-order chi connectivity index (χ0) is 24.8. The molecule has 0 bridgehead atoms. The van der Waals surface area contributed by atoms with Gasteiger partial charge >= 0.3 is 0 Å². The Morgan fingerprint density at radius 2 is 1.53 bits per heavy atom. The molecule has 184 valence electrons. The van der Waals surface area contributed by atoms with E-state index in [0.717, 1.165) is 33.6 Å². The van der Waals surface area contributed by atoms with Crippen molar-refractivity contribution in [1.29, 1.82) is 0 Å². The molecule has 2 unspecified atom stereocenters. The molecule has 7 nitrogen and oxygen atoms in total. The van der Waals surface area contributed by atoms with Gasteiger partial charge < -0.3 is 29.0 Å². The highest BCUT2D eigenvalue weighted by atomic mass is 16.7. The number of hydrogen-bond acceptors (Lipinski definition) is 7. The number of ether oxygens (including phenoxy) is 5. The second kappa shape index (κ2) is 8.82. The molecule has 1 aliphatic carbocycles. The van der Waals surface area contributed by atoms with E-state index in [9.17, 15) is 4.79 Å². The average Bonchev–Trinajstić information content (AvgIpc) is 3.37. The molecular weight excluding hydrogens is 458 g/mol. The molecule has 3 aliphatic rings. The fourth-order valence-corrected chi connectivity index (χ4v) is 5.57. The number of nitrogens with one attached hydrogen (secondary N) is 1. The summed E-state index contributed by atoms with van der Waals surface area (Å²) in [5.41, 5.74) is 5.75. The molecule has 0 fully saturated rings. The molecule has 2 atom stereocenters. The van der Waals surface area contributed by atoms with Crippen LogP contribution in [0.25, 0.3) is 0 Å². The first-order valence-electron chi connectivity index (χ1n) is 11.9. The van der Waals surface area contributed by atoms with Gasteiger partial charge in [-0.1, -0.05) is 30.3 Å². The van der Waals surface area contributed by atoms with Crippen molar-refractivity contribution in [3.8, 4) is 28.7 Å². The molecule has 0 aromatic heterocycles. The van der Waals surface area contributed by atoms with E-state index in [1.165, 1.54) is 0 Å². The van der Waals surface area contributed by atoms with Crippen molar-refractivity contribution in [1.82, 2.24) is 0 Å². The normalized spacial score (nSPS) is 19.8. The molecule has 0 radical (unpaired) electrons. The summed E-state index contributed by atoms with van der Waals surface area (Å²) in [6.45, 7) is 0.198. The number of rotatable bonds is 5. The van der Waals surface area contributed by atoms with Crippen LogP contribution in [-0.4, -0.2) is 33.9 Å². The van der Waals surface area contributed by atoms with E-state index in [-0.39, 0.29) is 24.4 Å². The van der Waals surface area contributed by atoms with Gasteiger partial charge in [-0.05, 0) is 47.2 Å². The summed E-state index contributed by atoms with van der Waals surface area (Å²) in [6, 6.07) is 18.0. The van der Waals surface area contributed by atoms with Crippen LogP contribution in [-0.2, 0) is 4.79 Å². The van der Waals surface area contributed by atoms with Crippen molar-refractivity contribution < 1.29 is 28.5 Å². The Labute approximate surface area is 209 Å². The average molecular weight is 486 g/mol. The summed E-state index contributed by atoms with van der Waals surface area (Å²) in [7, 11) is 4.78. The first kappa shape index (κ1) is 22.3. The van der Waals surface area contributed by atoms with Crippen LogP contribution in [0.4, 0.5) is 5.69 Å². The van der Waals surface area contributed by atoms with Crippen molar-refractivity contribution in [2.24, 2.45) is 0 Å². The number of Topliss-reactive ketones (excluding diaryl/α,β-unsaturated/α-hetero) is 1. The quantitative estimate of drug-likeness (QED) is 0.519. The van der Waals surface area contributed by atoms with Crippen LogP contribution in [0, 0.1) is 0 Å². The Morgan fingerprint density at radius 3 is 2.19 bits per heavy atom. The van der Waals surface area contributed by atoms with E-state index in [1.54, 1.807) is 21.3 Å². The highest BCUT2D eigenvalue weighted by molar-refractivity contribution is 6.02. The van der Waals surface area contributed by atoms with Crippen molar-refractivity contribution in [2.75, 3.05) is 33.4 Å².